The molecular formula is C25H26FN5O. The Morgan fingerprint density at radius 2 is 1.84 bits per heavy atom. The fourth-order valence-electron chi connectivity index (χ4n) is 3.67. The first-order valence-electron chi connectivity index (χ1n) is 10.6. The number of carbonyl (C=O) groups excluding carboxylic acids is 1. The number of hydrogen-bond donors (Lipinski definition) is 1. The van der Waals surface area contributed by atoms with Gasteiger partial charge in [-0.1, -0.05) is 42.0 Å². The Morgan fingerprint density at radius 1 is 1.12 bits per heavy atom. The van der Waals surface area contributed by atoms with Gasteiger partial charge in [-0.05, 0) is 37.1 Å². The molecule has 0 saturated heterocycles. The van der Waals surface area contributed by atoms with E-state index in [-0.39, 0.29) is 17.6 Å². The molecule has 4 rings (SSSR count). The molecule has 32 heavy (non-hydrogen) atoms. The van der Waals surface area contributed by atoms with E-state index in [4.69, 9.17) is 0 Å². The zero-order chi connectivity index (χ0) is 22.7. The van der Waals surface area contributed by atoms with Gasteiger partial charge in [-0.25, -0.2) is 9.37 Å². The number of aromatic nitrogens is 4. The first-order valence-corrected chi connectivity index (χ1v) is 10.6. The second-order valence-electron chi connectivity index (χ2n) is 7.92. The number of carbonyl (C=O) groups is 1. The van der Waals surface area contributed by atoms with E-state index in [9.17, 15) is 9.18 Å². The molecule has 0 saturated carbocycles. The Morgan fingerprint density at radius 3 is 2.50 bits per heavy atom. The molecular weight excluding hydrogens is 405 g/mol. The molecule has 1 N–H and O–H groups in total. The summed E-state index contributed by atoms with van der Waals surface area (Å²) in [6, 6.07) is 14.3. The van der Waals surface area contributed by atoms with E-state index in [1.165, 1.54) is 17.7 Å². The molecule has 6 nitrogen and oxygen atoms in total. The summed E-state index contributed by atoms with van der Waals surface area (Å²) in [5.41, 5.74) is 4.69. The van der Waals surface area contributed by atoms with E-state index in [0.717, 1.165) is 28.2 Å². The van der Waals surface area contributed by atoms with Gasteiger partial charge in [-0.2, -0.15) is 5.10 Å². The van der Waals surface area contributed by atoms with Crippen molar-refractivity contribution >= 4 is 5.91 Å². The minimum absolute atomic E-state index is 0.0293. The van der Waals surface area contributed by atoms with Crippen LogP contribution < -0.4 is 5.32 Å². The van der Waals surface area contributed by atoms with Crippen molar-refractivity contribution in [3.63, 3.8) is 0 Å². The fraction of sp³-hybridized carbons (Fsp3) is 0.240. The van der Waals surface area contributed by atoms with Crippen molar-refractivity contribution in [3.05, 3.63) is 84.1 Å². The van der Waals surface area contributed by atoms with Crippen molar-refractivity contribution in [2.45, 2.75) is 26.3 Å². The topological polar surface area (TPSA) is 64.7 Å². The summed E-state index contributed by atoms with van der Waals surface area (Å²) < 4.78 is 17.2. The standard InChI is InChI=1S/C25H26FN5O/c1-17-4-6-19(7-5-17)18(2)25(32)28-13-15-31-23(24-27-12-14-30(24)3)22(16-29-31)20-8-10-21(26)11-9-20/h4-12,14,16,18H,13,15H2,1-3H3,(H,28,32)/t18-/m0/s1. The Bertz CT molecular complexity index is 1210. The van der Waals surface area contributed by atoms with Crippen LogP contribution in [0.2, 0.25) is 0 Å². The average molecular weight is 432 g/mol. The third kappa shape index (κ3) is 4.46. The average Bonchev–Trinajstić information content (AvgIpc) is 3.40. The van der Waals surface area contributed by atoms with Crippen LogP contribution in [0.1, 0.15) is 24.0 Å². The summed E-state index contributed by atoms with van der Waals surface area (Å²) in [6.45, 7) is 4.84. The van der Waals surface area contributed by atoms with Crippen LogP contribution in [0.4, 0.5) is 4.39 Å². The van der Waals surface area contributed by atoms with E-state index in [1.807, 2.05) is 60.6 Å². The van der Waals surface area contributed by atoms with Crippen LogP contribution in [0, 0.1) is 12.7 Å². The van der Waals surface area contributed by atoms with Crippen molar-refractivity contribution in [1.82, 2.24) is 24.6 Å². The predicted octanol–water partition coefficient (Wildman–Crippen LogP) is 4.32. The second kappa shape index (κ2) is 9.18. The smallest absolute Gasteiger partial charge is 0.227 e. The number of benzene rings is 2. The molecule has 4 aromatic rings. The molecule has 2 aromatic heterocycles. The third-order valence-corrected chi connectivity index (χ3v) is 5.62. The highest BCUT2D eigenvalue weighted by molar-refractivity contribution is 5.83. The van der Waals surface area contributed by atoms with E-state index >= 15 is 0 Å². The summed E-state index contributed by atoms with van der Waals surface area (Å²) in [4.78, 5) is 17.1. The van der Waals surface area contributed by atoms with Gasteiger partial charge < -0.3 is 9.88 Å². The molecule has 0 unspecified atom stereocenters. The summed E-state index contributed by atoms with van der Waals surface area (Å²) in [7, 11) is 1.92. The maximum Gasteiger partial charge on any atom is 0.227 e. The Labute approximate surface area is 186 Å². The number of hydrogen-bond acceptors (Lipinski definition) is 3. The van der Waals surface area contributed by atoms with E-state index in [2.05, 4.69) is 15.4 Å². The van der Waals surface area contributed by atoms with Gasteiger partial charge in [-0.15, -0.1) is 0 Å². The van der Waals surface area contributed by atoms with E-state index < -0.39 is 0 Å². The van der Waals surface area contributed by atoms with E-state index in [1.54, 1.807) is 24.5 Å². The zero-order valence-electron chi connectivity index (χ0n) is 18.4. The van der Waals surface area contributed by atoms with Crippen LogP contribution in [-0.4, -0.2) is 31.8 Å². The quantitative estimate of drug-likeness (QED) is 0.474. The predicted molar refractivity (Wildman–Crippen MR) is 122 cm³/mol. The fourth-order valence-corrected chi connectivity index (χ4v) is 3.67. The lowest BCUT2D eigenvalue weighted by Crippen LogP contribution is -2.31. The van der Waals surface area contributed by atoms with Gasteiger partial charge in [0.2, 0.25) is 5.91 Å². The highest BCUT2D eigenvalue weighted by Gasteiger charge is 2.19. The van der Waals surface area contributed by atoms with Crippen LogP contribution in [-0.2, 0) is 18.4 Å². The van der Waals surface area contributed by atoms with Gasteiger partial charge in [0.1, 0.15) is 11.5 Å². The maximum absolute atomic E-state index is 13.4. The van der Waals surface area contributed by atoms with Crippen molar-refractivity contribution in [2.75, 3.05) is 6.54 Å². The number of imidazole rings is 1. The molecule has 2 heterocycles. The van der Waals surface area contributed by atoms with Gasteiger partial charge >= 0.3 is 0 Å². The Balaban J connectivity index is 1.52. The summed E-state index contributed by atoms with van der Waals surface area (Å²) >= 11 is 0. The van der Waals surface area contributed by atoms with Crippen molar-refractivity contribution in [1.29, 1.82) is 0 Å². The second-order valence-corrected chi connectivity index (χ2v) is 7.92. The number of rotatable bonds is 7. The van der Waals surface area contributed by atoms with Crippen LogP contribution in [0.5, 0.6) is 0 Å². The van der Waals surface area contributed by atoms with Crippen LogP contribution >= 0.6 is 0 Å². The molecule has 0 bridgehead atoms. The summed E-state index contributed by atoms with van der Waals surface area (Å²) in [5, 5.41) is 7.55. The SMILES string of the molecule is Cc1ccc([C@H](C)C(=O)NCCn2ncc(-c3ccc(F)cc3)c2-c2nccn2C)cc1. The molecule has 0 aliphatic heterocycles. The molecule has 0 aliphatic carbocycles. The molecule has 0 fully saturated rings. The van der Waals surface area contributed by atoms with Gasteiger partial charge in [0, 0.05) is 31.5 Å². The van der Waals surface area contributed by atoms with Gasteiger partial charge in [-0.3, -0.25) is 9.48 Å². The summed E-state index contributed by atoms with van der Waals surface area (Å²) in [5.74, 6) is 0.196. The number of aryl methyl sites for hydroxylation is 2. The molecule has 164 valence electrons. The zero-order valence-corrected chi connectivity index (χ0v) is 18.4. The monoisotopic (exact) mass is 431 g/mol. The van der Waals surface area contributed by atoms with Crippen molar-refractivity contribution in [2.24, 2.45) is 7.05 Å². The highest BCUT2D eigenvalue weighted by Crippen LogP contribution is 2.31. The third-order valence-electron chi connectivity index (χ3n) is 5.62. The van der Waals surface area contributed by atoms with Gasteiger partial charge in [0.05, 0.1) is 18.7 Å². The van der Waals surface area contributed by atoms with Gasteiger partial charge in [0.15, 0.2) is 5.82 Å². The minimum Gasteiger partial charge on any atom is -0.354 e. The number of amides is 1. The number of halogens is 1. The molecule has 2 aromatic carbocycles. The Kier molecular flexibility index (Phi) is 6.16. The molecule has 0 radical (unpaired) electrons. The Hall–Kier alpha value is -3.74. The molecule has 1 atom stereocenters. The lowest BCUT2D eigenvalue weighted by atomic mass is 9.99. The molecule has 0 aliphatic rings. The van der Waals surface area contributed by atoms with Gasteiger partial charge in [0.25, 0.3) is 0 Å². The number of nitrogens with one attached hydrogen (secondary N) is 1. The molecule has 0 spiro atoms. The van der Waals surface area contributed by atoms with Crippen LogP contribution in [0.3, 0.4) is 0 Å². The normalized spacial score (nSPS) is 12.0. The number of nitrogens with zero attached hydrogens (tertiary/aromatic N) is 4. The first-order chi connectivity index (χ1) is 15.4. The lowest BCUT2D eigenvalue weighted by Gasteiger charge is -2.14. The highest BCUT2D eigenvalue weighted by atomic mass is 19.1. The maximum atomic E-state index is 13.4. The van der Waals surface area contributed by atoms with Crippen LogP contribution in [0.25, 0.3) is 22.6 Å². The van der Waals surface area contributed by atoms with E-state index in [0.29, 0.717) is 13.1 Å². The first kappa shape index (κ1) is 21.5. The minimum atomic E-state index is -0.287. The molecule has 1 amide bonds. The van der Waals surface area contributed by atoms with Crippen LogP contribution in [0.15, 0.2) is 67.1 Å². The lowest BCUT2D eigenvalue weighted by molar-refractivity contribution is -0.122. The summed E-state index contributed by atoms with van der Waals surface area (Å²) in [6.07, 6.45) is 5.35. The van der Waals surface area contributed by atoms with Crippen molar-refractivity contribution < 1.29 is 9.18 Å². The van der Waals surface area contributed by atoms with Crippen molar-refractivity contribution in [3.8, 4) is 22.6 Å². The largest absolute Gasteiger partial charge is 0.354 e. The molecule has 7 heteroatoms.